The van der Waals surface area contributed by atoms with E-state index in [0.29, 0.717) is 36.0 Å². The van der Waals surface area contributed by atoms with Crippen LogP contribution < -0.4 is 14.2 Å². The van der Waals surface area contributed by atoms with Gasteiger partial charge < -0.3 is 24.1 Å². The van der Waals surface area contributed by atoms with Crippen molar-refractivity contribution in [3.05, 3.63) is 23.8 Å². The highest BCUT2D eigenvalue weighted by atomic mass is 16.7. The van der Waals surface area contributed by atoms with Crippen molar-refractivity contribution in [3.8, 4) is 17.2 Å². The number of methoxy groups -OCH3 is 1. The Morgan fingerprint density at radius 1 is 1.37 bits per heavy atom. The second-order valence-electron chi connectivity index (χ2n) is 3.76. The van der Waals surface area contributed by atoms with Gasteiger partial charge in [0.1, 0.15) is 12.4 Å². The fourth-order valence-electron chi connectivity index (χ4n) is 1.59. The lowest BCUT2D eigenvalue weighted by molar-refractivity contribution is -0.131. The summed E-state index contributed by atoms with van der Waals surface area (Å²) in [6.07, 6.45) is 2.49. The maximum atomic E-state index is 10.6. The number of hydrogen-bond acceptors (Lipinski definition) is 5. The Morgan fingerprint density at radius 2 is 2.11 bits per heavy atom. The molecular formula is C13H14O6. The monoisotopic (exact) mass is 266 g/mol. The number of fused-ring (bicyclic) bond motifs is 1. The van der Waals surface area contributed by atoms with Crippen molar-refractivity contribution in [1.29, 1.82) is 0 Å². The second-order valence-corrected chi connectivity index (χ2v) is 3.76. The number of rotatable bonds is 6. The van der Waals surface area contributed by atoms with Gasteiger partial charge in [0, 0.05) is 24.8 Å². The molecule has 2 rings (SSSR count). The Morgan fingerprint density at radius 3 is 2.79 bits per heavy atom. The molecule has 6 heteroatoms. The van der Waals surface area contributed by atoms with Crippen molar-refractivity contribution >= 4 is 12.0 Å². The highest BCUT2D eigenvalue weighted by Gasteiger charge is 2.17. The van der Waals surface area contributed by atoms with Crippen LogP contribution in [0, 0.1) is 0 Å². The van der Waals surface area contributed by atoms with Gasteiger partial charge in [-0.3, -0.25) is 0 Å². The topological polar surface area (TPSA) is 74.2 Å². The Kier molecular flexibility index (Phi) is 4.25. The third kappa shape index (κ3) is 3.38. The van der Waals surface area contributed by atoms with Gasteiger partial charge in [-0.05, 0) is 12.1 Å². The molecule has 0 saturated carbocycles. The van der Waals surface area contributed by atoms with Crippen LogP contribution in [0.5, 0.6) is 17.2 Å². The average Bonchev–Trinajstić information content (AvgIpc) is 2.83. The van der Waals surface area contributed by atoms with Crippen LogP contribution in [0.25, 0.3) is 6.08 Å². The normalized spacial score (nSPS) is 12.9. The van der Waals surface area contributed by atoms with Crippen molar-refractivity contribution in [1.82, 2.24) is 0 Å². The van der Waals surface area contributed by atoms with Crippen LogP contribution >= 0.6 is 0 Å². The predicted octanol–water partition coefficient (Wildman–Crippen LogP) is 1.54. The number of benzene rings is 1. The number of carbonyl (C=O) groups is 1. The Hall–Kier alpha value is -2.21. The first kappa shape index (κ1) is 13.2. The van der Waals surface area contributed by atoms with E-state index in [1.807, 2.05) is 0 Å². The van der Waals surface area contributed by atoms with Crippen LogP contribution in [0.15, 0.2) is 18.2 Å². The molecule has 0 atom stereocenters. The van der Waals surface area contributed by atoms with E-state index in [9.17, 15) is 4.79 Å². The molecule has 6 nitrogen and oxygen atoms in total. The number of carboxylic acids is 1. The van der Waals surface area contributed by atoms with Crippen LogP contribution in [0.2, 0.25) is 0 Å². The molecule has 0 spiro atoms. The van der Waals surface area contributed by atoms with E-state index in [1.54, 1.807) is 19.2 Å². The largest absolute Gasteiger partial charge is 0.490 e. The summed E-state index contributed by atoms with van der Waals surface area (Å²) in [5, 5.41) is 8.67. The third-order valence-corrected chi connectivity index (χ3v) is 2.46. The fourth-order valence-corrected chi connectivity index (χ4v) is 1.59. The second kappa shape index (κ2) is 6.10. The summed E-state index contributed by atoms with van der Waals surface area (Å²) in [6, 6.07) is 3.36. The van der Waals surface area contributed by atoms with E-state index in [0.717, 1.165) is 6.08 Å². The molecule has 0 aliphatic carbocycles. The predicted molar refractivity (Wildman–Crippen MR) is 66.6 cm³/mol. The smallest absolute Gasteiger partial charge is 0.328 e. The van der Waals surface area contributed by atoms with Gasteiger partial charge in [0.2, 0.25) is 6.79 Å². The quantitative estimate of drug-likeness (QED) is 0.622. The Balaban J connectivity index is 2.24. The summed E-state index contributed by atoms with van der Waals surface area (Å²) in [7, 11) is 1.58. The number of carboxylic acid groups (broad SMARTS) is 1. The van der Waals surface area contributed by atoms with Crippen molar-refractivity contribution in [3.63, 3.8) is 0 Å². The minimum Gasteiger partial charge on any atom is -0.490 e. The molecule has 1 aliphatic heterocycles. The van der Waals surface area contributed by atoms with E-state index in [4.69, 9.17) is 24.1 Å². The molecule has 19 heavy (non-hydrogen) atoms. The zero-order valence-electron chi connectivity index (χ0n) is 10.4. The first-order valence-corrected chi connectivity index (χ1v) is 5.67. The van der Waals surface area contributed by atoms with E-state index in [2.05, 4.69) is 0 Å². The molecule has 1 aliphatic rings. The Labute approximate surface area is 110 Å². The van der Waals surface area contributed by atoms with Crippen LogP contribution in [0.1, 0.15) is 5.56 Å². The SMILES string of the molecule is COCCOc1cc2c(cc1C=CC(=O)O)OCO2. The van der Waals surface area contributed by atoms with Crippen molar-refractivity contribution in [2.45, 2.75) is 0 Å². The molecule has 1 heterocycles. The molecule has 0 unspecified atom stereocenters. The summed E-state index contributed by atoms with van der Waals surface area (Å²) in [4.78, 5) is 10.6. The summed E-state index contributed by atoms with van der Waals surface area (Å²) in [6.45, 7) is 0.958. The van der Waals surface area contributed by atoms with Crippen LogP contribution in [-0.2, 0) is 9.53 Å². The zero-order chi connectivity index (χ0) is 13.7. The van der Waals surface area contributed by atoms with Gasteiger partial charge in [-0.1, -0.05) is 0 Å². The zero-order valence-corrected chi connectivity index (χ0v) is 10.4. The van der Waals surface area contributed by atoms with Gasteiger partial charge in [-0.2, -0.15) is 0 Å². The maximum Gasteiger partial charge on any atom is 0.328 e. The van der Waals surface area contributed by atoms with Crippen LogP contribution in [-0.4, -0.2) is 38.2 Å². The van der Waals surface area contributed by atoms with Gasteiger partial charge in [0.05, 0.1) is 6.61 Å². The molecule has 0 bridgehead atoms. The summed E-state index contributed by atoms with van der Waals surface area (Å²) >= 11 is 0. The van der Waals surface area contributed by atoms with E-state index < -0.39 is 5.97 Å². The highest BCUT2D eigenvalue weighted by molar-refractivity contribution is 5.86. The third-order valence-electron chi connectivity index (χ3n) is 2.46. The standard InChI is InChI=1S/C13H14O6/c1-16-4-5-17-10-7-12-11(18-8-19-12)6-9(10)2-3-13(14)15/h2-3,6-7H,4-5,8H2,1H3,(H,14,15). The van der Waals surface area contributed by atoms with Crippen molar-refractivity contribution in [2.75, 3.05) is 27.1 Å². The summed E-state index contributed by atoms with van der Waals surface area (Å²) in [5.41, 5.74) is 0.614. The molecule has 0 aromatic heterocycles. The van der Waals surface area contributed by atoms with Crippen LogP contribution in [0.4, 0.5) is 0 Å². The molecule has 1 aromatic carbocycles. The minimum atomic E-state index is -1.03. The molecule has 0 saturated heterocycles. The van der Waals surface area contributed by atoms with Gasteiger partial charge in [-0.25, -0.2) is 4.79 Å². The van der Waals surface area contributed by atoms with Gasteiger partial charge >= 0.3 is 5.97 Å². The van der Waals surface area contributed by atoms with Crippen molar-refractivity contribution < 1.29 is 28.8 Å². The lowest BCUT2D eigenvalue weighted by atomic mass is 10.1. The fraction of sp³-hybridized carbons (Fsp3) is 0.308. The first-order chi connectivity index (χ1) is 9.20. The summed E-state index contributed by atoms with van der Waals surface area (Å²) in [5.74, 6) is 0.656. The highest BCUT2D eigenvalue weighted by Crippen LogP contribution is 2.38. The van der Waals surface area contributed by atoms with E-state index >= 15 is 0 Å². The molecule has 1 N–H and O–H groups in total. The minimum absolute atomic E-state index is 0.152. The first-order valence-electron chi connectivity index (χ1n) is 5.67. The molecule has 0 radical (unpaired) electrons. The average molecular weight is 266 g/mol. The van der Waals surface area contributed by atoms with Crippen molar-refractivity contribution in [2.24, 2.45) is 0 Å². The summed E-state index contributed by atoms with van der Waals surface area (Å²) < 4.78 is 20.9. The van der Waals surface area contributed by atoms with Gasteiger partial charge in [0.15, 0.2) is 11.5 Å². The molecular weight excluding hydrogens is 252 g/mol. The number of aliphatic carboxylic acids is 1. The molecule has 0 fully saturated rings. The van der Waals surface area contributed by atoms with Gasteiger partial charge in [-0.15, -0.1) is 0 Å². The van der Waals surface area contributed by atoms with Crippen LogP contribution in [0.3, 0.4) is 0 Å². The lowest BCUT2D eigenvalue weighted by Gasteiger charge is -2.10. The van der Waals surface area contributed by atoms with Gasteiger partial charge in [0.25, 0.3) is 0 Å². The molecule has 102 valence electrons. The van der Waals surface area contributed by atoms with E-state index in [-0.39, 0.29) is 6.79 Å². The lowest BCUT2D eigenvalue weighted by Crippen LogP contribution is -2.05. The number of ether oxygens (including phenoxy) is 4. The number of hydrogen-bond donors (Lipinski definition) is 1. The van der Waals surface area contributed by atoms with E-state index in [1.165, 1.54) is 6.08 Å². The maximum absolute atomic E-state index is 10.6. The molecule has 0 amide bonds. The Bertz CT molecular complexity index is 494. The molecule has 1 aromatic rings.